The highest BCUT2D eigenvalue weighted by Crippen LogP contribution is 2.33. The van der Waals surface area contributed by atoms with Crippen molar-refractivity contribution in [2.75, 3.05) is 11.9 Å². The number of imidazole rings is 1. The molecule has 2 N–H and O–H groups in total. The van der Waals surface area contributed by atoms with E-state index in [4.69, 9.17) is 4.98 Å². The maximum absolute atomic E-state index is 12.7. The molecule has 1 aromatic carbocycles. The number of hydrogen-bond acceptors (Lipinski definition) is 3. The van der Waals surface area contributed by atoms with Gasteiger partial charge in [0.15, 0.2) is 5.69 Å². The third kappa shape index (κ3) is 3.91. The van der Waals surface area contributed by atoms with E-state index < -0.39 is 0 Å². The van der Waals surface area contributed by atoms with Crippen LogP contribution in [-0.2, 0) is 4.79 Å². The molecule has 2 aromatic heterocycles. The zero-order valence-electron chi connectivity index (χ0n) is 15.7. The fraction of sp³-hybridized carbons (Fsp3) is 0.318. The molecule has 0 aliphatic heterocycles. The second kappa shape index (κ2) is 8.25. The molecule has 1 aliphatic rings. The number of benzene rings is 1. The number of carbonyl (C=O) groups is 2. The number of amides is 2. The maximum Gasteiger partial charge on any atom is 0.272 e. The molecule has 0 bridgehead atoms. The number of anilines is 1. The molecule has 0 spiro atoms. The highest BCUT2D eigenvalue weighted by atomic mass is 16.2. The first-order chi connectivity index (χ1) is 13.7. The smallest absolute Gasteiger partial charge is 0.272 e. The average Bonchev–Trinajstić information content (AvgIpc) is 3.13. The lowest BCUT2D eigenvalue weighted by atomic mass is 9.89. The fourth-order valence-corrected chi connectivity index (χ4v) is 3.85. The summed E-state index contributed by atoms with van der Waals surface area (Å²) in [4.78, 5) is 29.6. The molecule has 0 saturated heterocycles. The molecule has 6 nitrogen and oxygen atoms in total. The van der Waals surface area contributed by atoms with Crippen molar-refractivity contribution in [3.8, 4) is 0 Å². The third-order valence-corrected chi connectivity index (χ3v) is 5.23. The molecular formula is C22H24N4O2. The lowest BCUT2D eigenvalue weighted by Crippen LogP contribution is -2.33. The Balaban J connectivity index is 1.48. The van der Waals surface area contributed by atoms with Crippen LogP contribution >= 0.6 is 0 Å². The predicted octanol–water partition coefficient (Wildman–Crippen LogP) is 3.75. The van der Waals surface area contributed by atoms with Crippen LogP contribution in [0.5, 0.6) is 0 Å². The number of carbonyl (C=O) groups excluding carboxylic acids is 2. The van der Waals surface area contributed by atoms with Gasteiger partial charge in [-0.25, -0.2) is 4.98 Å². The van der Waals surface area contributed by atoms with E-state index in [2.05, 4.69) is 10.6 Å². The SMILES string of the molecule is O=C(CNC(=O)c1nc(C2CCCCC2)n2ccccc12)Nc1ccccc1. The average molecular weight is 376 g/mol. The Kier molecular flexibility index (Phi) is 5.37. The largest absolute Gasteiger partial charge is 0.342 e. The van der Waals surface area contributed by atoms with Crippen molar-refractivity contribution in [1.82, 2.24) is 14.7 Å². The first kappa shape index (κ1) is 18.2. The minimum absolute atomic E-state index is 0.0989. The van der Waals surface area contributed by atoms with E-state index in [-0.39, 0.29) is 18.4 Å². The number of nitrogens with zero attached hydrogens (tertiary/aromatic N) is 2. The first-order valence-corrected chi connectivity index (χ1v) is 9.82. The Morgan fingerprint density at radius 2 is 1.75 bits per heavy atom. The molecule has 4 rings (SSSR count). The van der Waals surface area contributed by atoms with Crippen LogP contribution in [0.15, 0.2) is 54.7 Å². The van der Waals surface area contributed by atoms with Crippen molar-refractivity contribution in [1.29, 1.82) is 0 Å². The molecule has 1 aliphatic carbocycles. The molecule has 1 fully saturated rings. The highest BCUT2D eigenvalue weighted by molar-refractivity contribution is 6.02. The third-order valence-electron chi connectivity index (χ3n) is 5.23. The van der Waals surface area contributed by atoms with Crippen LogP contribution in [0.3, 0.4) is 0 Å². The summed E-state index contributed by atoms with van der Waals surface area (Å²) in [6.07, 6.45) is 7.85. The number of nitrogens with one attached hydrogen (secondary N) is 2. The molecule has 2 amide bonds. The molecule has 28 heavy (non-hydrogen) atoms. The summed E-state index contributed by atoms with van der Waals surface area (Å²) < 4.78 is 2.02. The maximum atomic E-state index is 12.7. The number of aromatic nitrogens is 2. The minimum Gasteiger partial charge on any atom is -0.342 e. The highest BCUT2D eigenvalue weighted by Gasteiger charge is 2.24. The van der Waals surface area contributed by atoms with Crippen molar-refractivity contribution in [3.05, 3.63) is 66.2 Å². The molecule has 0 unspecified atom stereocenters. The zero-order chi connectivity index (χ0) is 19.3. The van der Waals surface area contributed by atoms with Gasteiger partial charge in [-0.1, -0.05) is 43.5 Å². The zero-order valence-corrected chi connectivity index (χ0v) is 15.7. The van der Waals surface area contributed by atoms with Crippen molar-refractivity contribution < 1.29 is 9.59 Å². The van der Waals surface area contributed by atoms with Crippen LogP contribution in [0.4, 0.5) is 5.69 Å². The monoisotopic (exact) mass is 376 g/mol. The summed E-state index contributed by atoms with van der Waals surface area (Å²) in [6, 6.07) is 14.9. The van der Waals surface area contributed by atoms with Crippen molar-refractivity contribution in [2.24, 2.45) is 0 Å². The molecule has 3 aromatic rings. The topological polar surface area (TPSA) is 75.5 Å². The quantitative estimate of drug-likeness (QED) is 0.712. The number of rotatable bonds is 5. The van der Waals surface area contributed by atoms with Gasteiger partial charge in [0.2, 0.25) is 5.91 Å². The molecule has 6 heteroatoms. The van der Waals surface area contributed by atoms with Gasteiger partial charge in [0.05, 0.1) is 12.1 Å². The summed E-state index contributed by atoms with van der Waals surface area (Å²) in [5.74, 6) is 0.741. The van der Waals surface area contributed by atoms with E-state index in [1.54, 1.807) is 12.1 Å². The van der Waals surface area contributed by atoms with Crippen LogP contribution in [0, 0.1) is 0 Å². The first-order valence-electron chi connectivity index (χ1n) is 9.82. The van der Waals surface area contributed by atoms with E-state index in [1.807, 2.05) is 47.0 Å². The standard InChI is InChI=1S/C22H24N4O2/c27-19(24-17-11-5-2-6-12-17)15-23-22(28)20-18-13-7-8-14-26(18)21(25-20)16-9-3-1-4-10-16/h2,5-8,11-14,16H,1,3-4,9-10,15H2,(H,23,28)(H,24,27). The summed E-state index contributed by atoms with van der Waals surface area (Å²) in [5, 5.41) is 5.46. The molecule has 0 radical (unpaired) electrons. The Labute approximate surface area is 164 Å². The van der Waals surface area contributed by atoms with E-state index >= 15 is 0 Å². The normalized spacial score (nSPS) is 14.7. The van der Waals surface area contributed by atoms with Gasteiger partial charge in [0, 0.05) is 17.8 Å². The molecule has 2 heterocycles. The minimum atomic E-state index is -0.325. The Hall–Kier alpha value is -3.15. The number of fused-ring (bicyclic) bond motifs is 1. The molecule has 0 atom stereocenters. The van der Waals surface area contributed by atoms with Gasteiger partial charge in [-0.2, -0.15) is 0 Å². The lowest BCUT2D eigenvalue weighted by molar-refractivity contribution is -0.115. The fourth-order valence-electron chi connectivity index (χ4n) is 3.85. The Bertz CT molecular complexity index is 975. The second-order valence-electron chi connectivity index (χ2n) is 7.21. The van der Waals surface area contributed by atoms with Gasteiger partial charge in [0.1, 0.15) is 5.82 Å². The van der Waals surface area contributed by atoms with Crippen LogP contribution in [0.2, 0.25) is 0 Å². The van der Waals surface area contributed by atoms with Crippen LogP contribution in [0.1, 0.15) is 54.3 Å². The Morgan fingerprint density at radius 1 is 1.00 bits per heavy atom. The van der Waals surface area contributed by atoms with Crippen LogP contribution in [-0.4, -0.2) is 27.7 Å². The summed E-state index contributed by atoms with van der Waals surface area (Å²) >= 11 is 0. The summed E-state index contributed by atoms with van der Waals surface area (Å²) in [7, 11) is 0. The van der Waals surface area contributed by atoms with Gasteiger partial charge in [-0.05, 0) is 37.1 Å². The van der Waals surface area contributed by atoms with E-state index in [1.165, 1.54) is 19.3 Å². The van der Waals surface area contributed by atoms with Gasteiger partial charge < -0.3 is 15.0 Å². The van der Waals surface area contributed by atoms with Gasteiger partial charge >= 0.3 is 0 Å². The van der Waals surface area contributed by atoms with Crippen molar-refractivity contribution in [2.45, 2.75) is 38.0 Å². The molecular weight excluding hydrogens is 352 g/mol. The van der Waals surface area contributed by atoms with Gasteiger partial charge in [0.25, 0.3) is 5.91 Å². The van der Waals surface area contributed by atoms with Gasteiger partial charge in [-0.3, -0.25) is 9.59 Å². The summed E-state index contributed by atoms with van der Waals surface area (Å²) in [6.45, 7) is -0.0989. The molecule has 1 saturated carbocycles. The summed E-state index contributed by atoms with van der Waals surface area (Å²) in [5.41, 5.74) is 1.87. The number of pyridine rings is 1. The Morgan fingerprint density at radius 3 is 2.54 bits per heavy atom. The number of para-hydroxylation sites is 1. The van der Waals surface area contributed by atoms with E-state index in [0.29, 0.717) is 17.3 Å². The van der Waals surface area contributed by atoms with Crippen molar-refractivity contribution >= 4 is 23.0 Å². The van der Waals surface area contributed by atoms with E-state index in [9.17, 15) is 9.59 Å². The number of hydrogen-bond donors (Lipinski definition) is 2. The second-order valence-corrected chi connectivity index (χ2v) is 7.21. The molecule has 144 valence electrons. The van der Waals surface area contributed by atoms with Crippen LogP contribution < -0.4 is 10.6 Å². The van der Waals surface area contributed by atoms with Crippen LogP contribution in [0.25, 0.3) is 5.52 Å². The van der Waals surface area contributed by atoms with E-state index in [0.717, 1.165) is 24.2 Å². The van der Waals surface area contributed by atoms with Crippen molar-refractivity contribution in [3.63, 3.8) is 0 Å². The predicted molar refractivity (Wildman–Crippen MR) is 108 cm³/mol. The lowest BCUT2D eigenvalue weighted by Gasteiger charge is -2.20. The van der Waals surface area contributed by atoms with Gasteiger partial charge in [-0.15, -0.1) is 0 Å².